The Morgan fingerprint density at radius 3 is 2.42 bits per heavy atom. The summed E-state index contributed by atoms with van der Waals surface area (Å²) in [5.41, 5.74) is 7.46. The van der Waals surface area contributed by atoms with Gasteiger partial charge in [0.05, 0.1) is 0 Å². The van der Waals surface area contributed by atoms with Gasteiger partial charge in [-0.3, -0.25) is 5.41 Å². The number of nitrogens with zero attached hydrogens (tertiary/aromatic N) is 2. The molecular weight excluding hydrogens is 276 g/mol. The first-order chi connectivity index (χ1) is 9.11. The van der Waals surface area contributed by atoms with Crippen LogP contribution in [0, 0.1) is 12.3 Å². The summed E-state index contributed by atoms with van der Waals surface area (Å²) in [4.78, 5) is 10.4. The van der Waals surface area contributed by atoms with Crippen LogP contribution in [0.5, 0.6) is 0 Å². The molecule has 6 heteroatoms. The Labute approximate surface area is 120 Å². The summed E-state index contributed by atoms with van der Waals surface area (Å²) in [5.74, 6) is 0.0690. The maximum absolute atomic E-state index is 7.73. The zero-order chi connectivity index (χ0) is 13.8. The van der Waals surface area contributed by atoms with Crippen molar-refractivity contribution in [3.8, 4) is 0 Å². The van der Waals surface area contributed by atoms with Gasteiger partial charge in [0, 0.05) is 27.7 Å². The molecule has 0 amide bonds. The highest BCUT2D eigenvalue weighted by molar-refractivity contribution is 7.99. The molecule has 0 fully saturated rings. The van der Waals surface area contributed by atoms with Gasteiger partial charge in [0.15, 0.2) is 5.16 Å². The topological polar surface area (TPSA) is 75.7 Å². The number of nitrogens with two attached hydrogens (primary N) is 1. The van der Waals surface area contributed by atoms with Crippen LogP contribution in [0.3, 0.4) is 0 Å². The molecule has 0 aliphatic rings. The van der Waals surface area contributed by atoms with Crippen molar-refractivity contribution in [3.05, 3.63) is 41.7 Å². The van der Waals surface area contributed by atoms with Crippen molar-refractivity contribution in [1.29, 1.82) is 5.41 Å². The number of aromatic nitrogens is 2. The predicted octanol–water partition coefficient (Wildman–Crippen LogP) is 2.94. The van der Waals surface area contributed by atoms with Gasteiger partial charge in [-0.2, -0.15) is 0 Å². The van der Waals surface area contributed by atoms with E-state index >= 15 is 0 Å². The van der Waals surface area contributed by atoms with E-state index in [0.717, 1.165) is 20.9 Å². The number of amidine groups is 1. The van der Waals surface area contributed by atoms with E-state index in [2.05, 4.69) is 9.97 Å². The zero-order valence-electron chi connectivity index (χ0n) is 10.7. The molecule has 0 saturated carbocycles. The molecule has 0 radical (unpaired) electrons. The molecule has 1 aromatic heterocycles. The standard InChI is InChI=1S/C13H14N4S2/c1-8-6-16-13(17-7-8)19-10-5-3-4-9(18-2)11(10)12(14)15/h3-7H,1-2H3,(H3,14,15). The number of aryl methyl sites for hydroxylation is 1. The fraction of sp³-hybridized carbons (Fsp3) is 0.154. The Balaban J connectivity index is 2.39. The Hall–Kier alpha value is -1.53. The number of rotatable bonds is 4. The smallest absolute Gasteiger partial charge is 0.192 e. The summed E-state index contributed by atoms with van der Waals surface area (Å²) in [6.45, 7) is 1.95. The first kappa shape index (κ1) is 13.9. The average Bonchev–Trinajstić information content (AvgIpc) is 2.40. The second kappa shape index (κ2) is 6.08. The lowest BCUT2D eigenvalue weighted by Crippen LogP contribution is -2.13. The van der Waals surface area contributed by atoms with Crippen molar-refractivity contribution in [3.63, 3.8) is 0 Å². The van der Waals surface area contributed by atoms with Crippen molar-refractivity contribution < 1.29 is 0 Å². The van der Waals surface area contributed by atoms with Crippen molar-refractivity contribution in [2.75, 3.05) is 6.26 Å². The third-order valence-electron chi connectivity index (χ3n) is 2.44. The van der Waals surface area contributed by atoms with E-state index in [-0.39, 0.29) is 5.84 Å². The molecule has 0 saturated heterocycles. The van der Waals surface area contributed by atoms with E-state index in [1.54, 1.807) is 24.2 Å². The molecule has 98 valence electrons. The van der Waals surface area contributed by atoms with Gasteiger partial charge in [-0.1, -0.05) is 6.07 Å². The quantitative estimate of drug-likeness (QED) is 0.392. The molecule has 0 aliphatic carbocycles. The monoisotopic (exact) mass is 290 g/mol. The van der Waals surface area contributed by atoms with Crippen molar-refractivity contribution in [1.82, 2.24) is 9.97 Å². The van der Waals surface area contributed by atoms with Gasteiger partial charge >= 0.3 is 0 Å². The highest BCUT2D eigenvalue weighted by Gasteiger charge is 2.12. The summed E-state index contributed by atoms with van der Waals surface area (Å²) < 4.78 is 0. The highest BCUT2D eigenvalue weighted by Crippen LogP contribution is 2.32. The third-order valence-corrected chi connectivity index (χ3v) is 4.17. The van der Waals surface area contributed by atoms with E-state index in [1.165, 1.54) is 11.8 Å². The first-order valence-electron chi connectivity index (χ1n) is 5.59. The molecule has 19 heavy (non-hydrogen) atoms. The lowest BCUT2D eigenvalue weighted by molar-refractivity contribution is 0.949. The van der Waals surface area contributed by atoms with Crippen LogP contribution < -0.4 is 5.73 Å². The van der Waals surface area contributed by atoms with Gasteiger partial charge in [-0.05, 0) is 42.6 Å². The second-order valence-electron chi connectivity index (χ2n) is 3.89. The normalized spacial score (nSPS) is 10.4. The van der Waals surface area contributed by atoms with E-state index in [9.17, 15) is 0 Å². The predicted molar refractivity (Wildman–Crippen MR) is 80.1 cm³/mol. The van der Waals surface area contributed by atoms with Crippen LogP contribution in [-0.2, 0) is 0 Å². The van der Waals surface area contributed by atoms with E-state index in [4.69, 9.17) is 11.1 Å². The van der Waals surface area contributed by atoms with E-state index in [1.807, 2.05) is 31.4 Å². The van der Waals surface area contributed by atoms with Crippen LogP contribution in [0.15, 0.2) is 45.5 Å². The van der Waals surface area contributed by atoms with Gasteiger partial charge in [0.2, 0.25) is 0 Å². The zero-order valence-corrected chi connectivity index (χ0v) is 12.3. The largest absolute Gasteiger partial charge is 0.384 e. The van der Waals surface area contributed by atoms with E-state index < -0.39 is 0 Å². The number of thioether (sulfide) groups is 1. The molecule has 0 atom stereocenters. The lowest BCUT2D eigenvalue weighted by Gasteiger charge is -2.11. The summed E-state index contributed by atoms with van der Waals surface area (Å²) in [6.07, 6.45) is 5.53. The lowest BCUT2D eigenvalue weighted by atomic mass is 10.2. The number of hydrogen-bond donors (Lipinski definition) is 2. The second-order valence-corrected chi connectivity index (χ2v) is 5.75. The van der Waals surface area contributed by atoms with Gasteiger partial charge in [-0.25, -0.2) is 9.97 Å². The molecule has 4 nitrogen and oxygen atoms in total. The van der Waals surface area contributed by atoms with Crippen molar-refractivity contribution >= 4 is 29.4 Å². The summed E-state index contributed by atoms with van der Waals surface area (Å²) in [5, 5.41) is 8.39. The van der Waals surface area contributed by atoms with Crippen molar-refractivity contribution in [2.45, 2.75) is 21.9 Å². The molecule has 2 aromatic rings. The number of nitrogen functional groups attached to an aromatic ring is 1. The maximum Gasteiger partial charge on any atom is 0.192 e. The van der Waals surface area contributed by atoms with Crippen LogP contribution in [0.1, 0.15) is 11.1 Å². The highest BCUT2D eigenvalue weighted by atomic mass is 32.2. The van der Waals surface area contributed by atoms with Crippen LogP contribution >= 0.6 is 23.5 Å². The molecule has 1 aromatic carbocycles. The number of hydrogen-bond acceptors (Lipinski definition) is 5. The van der Waals surface area contributed by atoms with Gasteiger partial charge in [0.1, 0.15) is 5.84 Å². The van der Waals surface area contributed by atoms with Gasteiger partial charge < -0.3 is 5.73 Å². The minimum atomic E-state index is 0.0690. The molecule has 3 N–H and O–H groups in total. The average molecular weight is 290 g/mol. The fourth-order valence-electron chi connectivity index (χ4n) is 1.56. The van der Waals surface area contributed by atoms with Crippen LogP contribution in [0.2, 0.25) is 0 Å². The Morgan fingerprint density at radius 2 is 1.84 bits per heavy atom. The summed E-state index contributed by atoms with van der Waals surface area (Å²) in [7, 11) is 0. The molecular formula is C13H14N4S2. The van der Waals surface area contributed by atoms with Crippen LogP contribution in [0.25, 0.3) is 0 Å². The maximum atomic E-state index is 7.73. The minimum absolute atomic E-state index is 0.0690. The summed E-state index contributed by atoms with van der Waals surface area (Å²) in [6, 6.07) is 5.85. The Morgan fingerprint density at radius 1 is 1.21 bits per heavy atom. The fourth-order valence-corrected chi connectivity index (χ4v) is 3.14. The SMILES string of the molecule is CSc1cccc(Sc2ncc(C)cn2)c1C(=N)N. The number of nitrogens with one attached hydrogen (secondary N) is 1. The minimum Gasteiger partial charge on any atom is -0.384 e. The van der Waals surface area contributed by atoms with Crippen LogP contribution in [0.4, 0.5) is 0 Å². The molecule has 0 bridgehead atoms. The number of benzene rings is 1. The van der Waals surface area contributed by atoms with E-state index in [0.29, 0.717) is 5.16 Å². The molecule has 2 rings (SSSR count). The van der Waals surface area contributed by atoms with Gasteiger partial charge in [-0.15, -0.1) is 11.8 Å². The summed E-state index contributed by atoms with van der Waals surface area (Å²) >= 11 is 3.00. The first-order valence-corrected chi connectivity index (χ1v) is 7.64. The third kappa shape index (κ3) is 3.27. The van der Waals surface area contributed by atoms with Crippen molar-refractivity contribution in [2.24, 2.45) is 5.73 Å². The molecule has 0 spiro atoms. The Kier molecular flexibility index (Phi) is 4.44. The Bertz CT molecular complexity index is 596. The molecule has 0 unspecified atom stereocenters. The molecule has 1 heterocycles. The van der Waals surface area contributed by atoms with Crippen LogP contribution in [-0.4, -0.2) is 22.1 Å². The molecule has 0 aliphatic heterocycles. The van der Waals surface area contributed by atoms with Gasteiger partial charge in [0.25, 0.3) is 0 Å².